The molecule has 6 nitrogen and oxygen atoms in total. The van der Waals surface area contributed by atoms with Gasteiger partial charge in [-0.3, -0.25) is 4.79 Å². The first kappa shape index (κ1) is 12.3. The molecule has 1 aliphatic carbocycles. The molecule has 3 N–H and O–H groups in total. The van der Waals surface area contributed by atoms with Crippen LogP contribution in [0.5, 0.6) is 0 Å². The molecule has 2 atom stereocenters. The van der Waals surface area contributed by atoms with Crippen molar-refractivity contribution in [2.75, 3.05) is 6.54 Å². The number of carbonyl (C=O) groups excluding carboxylic acids is 1. The monoisotopic (exact) mass is 243 g/mol. The number of aliphatic carboxylic acids is 1. The molecule has 0 aromatic carbocycles. The van der Waals surface area contributed by atoms with Crippen LogP contribution in [-0.2, 0) is 14.3 Å². The Morgan fingerprint density at radius 3 is 2.41 bits per heavy atom. The highest BCUT2D eigenvalue weighted by Crippen LogP contribution is 2.30. The fraction of sp³-hybridized carbons (Fsp3) is 0.818. The third-order valence-electron chi connectivity index (χ3n) is 3.46. The van der Waals surface area contributed by atoms with Crippen LogP contribution < -0.4 is 5.32 Å². The second-order valence-corrected chi connectivity index (χ2v) is 4.82. The van der Waals surface area contributed by atoms with Crippen LogP contribution in [0.4, 0.5) is 0 Å². The zero-order chi connectivity index (χ0) is 12.5. The molecule has 0 aromatic rings. The molecular formula is C11H17NO5. The van der Waals surface area contributed by atoms with Crippen LogP contribution in [-0.4, -0.2) is 46.4 Å². The highest BCUT2D eigenvalue weighted by atomic mass is 16.5. The molecule has 1 saturated heterocycles. The van der Waals surface area contributed by atoms with E-state index in [1.807, 2.05) is 0 Å². The standard InChI is InChI=1S/C11H17NO5/c13-9(12-6-11(16)4-1-5-11)7-2-3-8(17-7)10(14)15/h7-8,16H,1-6H2,(H,12,13)(H,14,15). The zero-order valence-corrected chi connectivity index (χ0v) is 9.52. The number of aliphatic hydroxyl groups is 1. The molecule has 17 heavy (non-hydrogen) atoms. The number of carboxylic acid groups (broad SMARTS) is 1. The van der Waals surface area contributed by atoms with Crippen LogP contribution >= 0.6 is 0 Å². The SMILES string of the molecule is O=C(O)C1CCC(C(=O)NCC2(O)CCC2)O1. The van der Waals surface area contributed by atoms with E-state index < -0.39 is 23.8 Å². The Labute approximate surface area is 99.0 Å². The van der Waals surface area contributed by atoms with Gasteiger partial charge in [0.05, 0.1) is 5.60 Å². The van der Waals surface area contributed by atoms with Crippen molar-refractivity contribution in [3.8, 4) is 0 Å². The Kier molecular flexibility index (Phi) is 3.35. The van der Waals surface area contributed by atoms with Gasteiger partial charge in [-0.05, 0) is 32.1 Å². The van der Waals surface area contributed by atoms with E-state index in [0.717, 1.165) is 6.42 Å². The van der Waals surface area contributed by atoms with Crippen molar-refractivity contribution in [3.05, 3.63) is 0 Å². The lowest BCUT2D eigenvalue weighted by Crippen LogP contribution is -2.49. The Morgan fingerprint density at radius 1 is 1.29 bits per heavy atom. The molecular weight excluding hydrogens is 226 g/mol. The van der Waals surface area contributed by atoms with Crippen molar-refractivity contribution in [2.45, 2.75) is 49.9 Å². The van der Waals surface area contributed by atoms with Crippen LogP contribution in [0.2, 0.25) is 0 Å². The highest BCUT2D eigenvalue weighted by molar-refractivity contribution is 5.82. The van der Waals surface area contributed by atoms with Gasteiger partial charge < -0.3 is 20.3 Å². The highest BCUT2D eigenvalue weighted by Gasteiger charge is 2.38. The number of amides is 1. The molecule has 1 heterocycles. The number of rotatable bonds is 4. The molecule has 2 unspecified atom stereocenters. The second kappa shape index (κ2) is 4.62. The largest absolute Gasteiger partial charge is 0.479 e. The first-order valence-corrected chi connectivity index (χ1v) is 5.88. The third kappa shape index (κ3) is 2.76. The summed E-state index contributed by atoms with van der Waals surface area (Å²) < 4.78 is 5.11. The van der Waals surface area contributed by atoms with E-state index in [4.69, 9.17) is 9.84 Å². The van der Waals surface area contributed by atoms with Crippen LogP contribution in [0.1, 0.15) is 32.1 Å². The van der Waals surface area contributed by atoms with Crippen molar-refractivity contribution in [1.29, 1.82) is 0 Å². The van der Waals surface area contributed by atoms with E-state index >= 15 is 0 Å². The summed E-state index contributed by atoms with van der Waals surface area (Å²) in [6.45, 7) is 0.226. The lowest BCUT2D eigenvalue weighted by atomic mass is 9.80. The van der Waals surface area contributed by atoms with E-state index in [9.17, 15) is 14.7 Å². The normalized spacial score (nSPS) is 30.6. The summed E-state index contributed by atoms with van der Waals surface area (Å²) in [5.74, 6) is -1.35. The summed E-state index contributed by atoms with van der Waals surface area (Å²) in [4.78, 5) is 22.3. The third-order valence-corrected chi connectivity index (χ3v) is 3.46. The Balaban J connectivity index is 1.75. The fourth-order valence-electron chi connectivity index (χ4n) is 2.14. The van der Waals surface area contributed by atoms with Gasteiger partial charge in [0, 0.05) is 6.54 Å². The number of hydrogen-bond acceptors (Lipinski definition) is 4. The summed E-state index contributed by atoms with van der Waals surface area (Å²) in [7, 11) is 0. The minimum absolute atomic E-state index is 0.226. The quantitative estimate of drug-likeness (QED) is 0.627. The molecule has 1 amide bonds. The van der Waals surface area contributed by atoms with E-state index in [-0.39, 0.29) is 12.5 Å². The van der Waals surface area contributed by atoms with Gasteiger partial charge in [-0.2, -0.15) is 0 Å². The maximum atomic E-state index is 11.7. The smallest absolute Gasteiger partial charge is 0.332 e. The summed E-state index contributed by atoms with van der Waals surface area (Å²) in [5, 5.41) is 21.1. The molecule has 0 spiro atoms. The number of hydrogen-bond donors (Lipinski definition) is 3. The van der Waals surface area contributed by atoms with Crippen LogP contribution in [0, 0.1) is 0 Å². The van der Waals surface area contributed by atoms with Crippen molar-refractivity contribution in [1.82, 2.24) is 5.32 Å². The van der Waals surface area contributed by atoms with E-state index in [1.54, 1.807) is 0 Å². The zero-order valence-electron chi connectivity index (χ0n) is 9.52. The molecule has 2 aliphatic rings. The number of ether oxygens (including phenoxy) is 1. The summed E-state index contributed by atoms with van der Waals surface area (Å²) in [6.07, 6.45) is 1.59. The minimum atomic E-state index is -1.03. The van der Waals surface area contributed by atoms with Gasteiger partial charge >= 0.3 is 5.97 Å². The first-order valence-electron chi connectivity index (χ1n) is 5.88. The molecule has 2 fully saturated rings. The molecule has 0 radical (unpaired) electrons. The van der Waals surface area contributed by atoms with Crippen molar-refractivity contribution >= 4 is 11.9 Å². The van der Waals surface area contributed by atoms with Crippen molar-refractivity contribution < 1.29 is 24.5 Å². The van der Waals surface area contributed by atoms with Crippen LogP contribution in [0.25, 0.3) is 0 Å². The van der Waals surface area contributed by atoms with E-state index in [2.05, 4.69) is 5.32 Å². The molecule has 96 valence electrons. The minimum Gasteiger partial charge on any atom is -0.479 e. The molecule has 1 aliphatic heterocycles. The summed E-state index contributed by atoms with van der Waals surface area (Å²) in [6, 6.07) is 0. The van der Waals surface area contributed by atoms with E-state index in [0.29, 0.717) is 25.7 Å². The number of nitrogens with one attached hydrogen (secondary N) is 1. The van der Waals surface area contributed by atoms with Crippen molar-refractivity contribution in [3.63, 3.8) is 0 Å². The van der Waals surface area contributed by atoms with Crippen LogP contribution in [0.15, 0.2) is 0 Å². The molecule has 0 aromatic heterocycles. The Bertz CT molecular complexity index is 326. The van der Waals surface area contributed by atoms with Gasteiger partial charge in [-0.25, -0.2) is 4.79 Å². The molecule has 2 rings (SSSR count). The van der Waals surface area contributed by atoms with Crippen LogP contribution in [0.3, 0.4) is 0 Å². The first-order chi connectivity index (χ1) is 8.00. The lowest BCUT2D eigenvalue weighted by molar-refractivity contribution is -0.152. The fourth-order valence-corrected chi connectivity index (χ4v) is 2.14. The van der Waals surface area contributed by atoms with Gasteiger partial charge in [0.15, 0.2) is 6.10 Å². The second-order valence-electron chi connectivity index (χ2n) is 4.82. The van der Waals surface area contributed by atoms with Gasteiger partial charge in [-0.15, -0.1) is 0 Å². The van der Waals surface area contributed by atoms with E-state index in [1.165, 1.54) is 0 Å². The predicted octanol–water partition coefficient (Wildman–Crippen LogP) is -0.350. The average molecular weight is 243 g/mol. The average Bonchev–Trinajstić information content (AvgIpc) is 2.72. The molecule has 0 bridgehead atoms. The summed E-state index contributed by atoms with van der Waals surface area (Å²) in [5.41, 5.74) is -0.763. The summed E-state index contributed by atoms with van der Waals surface area (Å²) >= 11 is 0. The predicted molar refractivity (Wildman–Crippen MR) is 57.3 cm³/mol. The van der Waals surface area contributed by atoms with Gasteiger partial charge in [0.25, 0.3) is 0 Å². The number of carbonyl (C=O) groups is 2. The maximum absolute atomic E-state index is 11.7. The Hall–Kier alpha value is -1.14. The van der Waals surface area contributed by atoms with Gasteiger partial charge in [-0.1, -0.05) is 0 Å². The van der Waals surface area contributed by atoms with Crippen molar-refractivity contribution in [2.24, 2.45) is 0 Å². The van der Waals surface area contributed by atoms with Gasteiger partial charge in [0.1, 0.15) is 6.10 Å². The Morgan fingerprint density at radius 2 is 1.94 bits per heavy atom. The molecule has 6 heteroatoms. The lowest BCUT2D eigenvalue weighted by Gasteiger charge is -2.36. The van der Waals surface area contributed by atoms with Gasteiger partial charge in [0.2, 0.25) is 5.91 Å². The number of carboxylic acids is 1. The topological polar surface area (TPSA) is 95.9 Å². The maximum Gasteiger partial charge on any atom is 0.332 e. The molecule has 1 saturated carbocycles.